The van der Waals surface area contributed by atoms with Crippen LogP contribution in [-0.4, -0.2) is 27.4 Å². The van der Waals surface area contributed by atoms with Gasteiger partial charge in [0.25, 0.3) is 5.91 Å². The average Bonchev–Trinajstić information content (AvgIpc) is 2.42. The van der Waals surface area contributed by atoms with E-state index in [1.807, 2.05) is 0 Å². The number of carbonyl (C=O) groups is 1. The molecule has 0 atom stereocenters. The third kappa shape index (κ3) is 4.29. The van der Waals surface area contributed by atoms with Crippen LogP contribution in [0.1, 0.15) is 10.4 Å². The van der Waals surface area contributed by atoms with E-state index in [9.17, 15) is 13.2 Å². The zero-order chi connectivity index (χ0) is 15.2. The normalized spacial score (nSPS) is 10.8. The highest BCUT2D eigenvalue weighted by Gasteiger charge is 2.17. The molecule has 2 N–H and O–H groups in total. The van der Waals surface area contributed by atoms with Gasteiger partial charge in [0.1, 0.15) is 0 Å². The lowest BCUT2D eigenvalue weighted by molar-refractivity contribution is 0.0957. The Morgan fingerprint density at radius 2 is 1.90 bits per heavy atom. The second-order valence-electron chi connectivity index (χ2n) is 3.78. The van der Waals surface area contributed by atoms with Gasteiger partial charge in [-0.1, -0.05) is 12.2 Å². The zero-order valence-corrected chi connectivity index (χ0v) is 13.1. The molecule has 108 valence electrons. The number of halogens is 1. The van der Waals surface area contributed by atoms with Gasteiger partial charge in [-0.15, -0.1) is 13.2 Å². The van der Waals surface area contributed by atoms with E-state index < -0.39 is 10.0 Å². The molecule has 1 rings (SSSR count). The van der Waals surface area contributed by atoms with Crippen molar-refractivity contribution in [2.75, 3.05) is 13.1 Å². The van der Waals surface area contributed by atoms with Crippen LogP contribution < -0.4 is 10.0 Å². The second kappa shape index (κ2) is 7.37. The number of hydrogen-bond donors (Lipinski definition) is 2. The van der Waals surface area contributed by atoms with Crippen molar-refractivity contribution in [1.82, 2.24) is 10.0 Å². The van der Waals surface area contributed by atoms with Gasteiger partial charge in [0.05, 0.1) is 10.5 Å². The van der Waals surface area contributed by atoms with Crippen molar-refractivity contribution < 1.29 is 13.2 Å². The first-order valence-electron chi connectivity index (χ1n) is 5.71. The van der Waals surface area contributed by atoms with E-state index in [4.69, 9.17) is 0 Å². The monoisotopic (exact) mass is 358 g/mol. The Morgan fingerprint density at radius 1 is 1.25 bits per heavy atom. The van der Waals surface area contributed by atoms with Crippen LogP contribution in [0.3, 0.4) is 0 Å². The highest BCUT2D eigenvalue weighted by Crippen LogP contribution is 2.21. The summed E-state index contributed by atoms with van der Waals surface area (Å²) in [6.45, 7) is 7.36. The number of amides is 1. The number of hydrogen-bond acceptors (Lipinski definition) is 3. The van der Waals surface area contributed by atoms with Gasteiger partial charge in [0.2, 0.25) is 10.0 Å². The molecule has 0 aliphatic carbocycles. The van der Waals surface area contributed by atoms with Crippen LogP contribution in [0.15, 0.2) is 52.9 Å². The number of rotatable bonds is 7. The van der Waals surface area contributed by atoms with E-state index in [0.717, 1.165) is 0 Å². The first-order valence-corrected chi connectivity index (χ1v) is 7.99. The lowest BCUT2D eigenvalue weighted by atomic mass is 10.2. The minimum Gasteiger partial charge on any atom is -0.349 e. The van der Waals surface area contributed by atoms with E-state index in [0.29, 0.717) is 11.0 Å². The smallest absolute Gasteiger partial charge is 0.252 e. The van der Waals surface area contributed by atoms with Gasteiger partial charge in [0.15, 0.2) is 0 Å². The van der Waals surface area contributed by atoms with Gasteiger partial charge in [-0.2, -0.15) is 0 Å². The largest absolute Gasteiger partial charge is 0.349 e. The molecule has 0 saturated heterocycles. The number of nitrogens with one attached hydrogen (secondary N) is 2. The van der Waals surface area contributed by atoms with Crippen molar-refractivity contribution in [3.05, 3.63) is 53.5 Å². The highest BCUT2D eigenvalue weighted by molar-refractivity contribution is 9.10. The Hall–Kier alpha value is -1.44. The molecule has 0 fully saturated rings. The Labute approximate surface area is 126 Å². The second-order valence-corrected chi connectivity index (χ2v) is 6.40. The minimum absolute atomic E-state index is 0.0197. The van der Waals surface area contributed by atoms with Crippen molar-refractivity contribution in [1.29, 1.82) is 0 Å². The maximum atomic E-state index is 12.0. The van der Waals surface area contributed by atoms with Crippen LogP contribution in [0, 0.1) is 0 Å². The number of benzene rings is 1. The Kier molecular flexibility index (Phi) is 6.12. The number of carbonyl (C=O) groups excluding carboxylic acids is 1. The fourth-order valence-corrected chi connectivity index (χ4v) is 2.81. The van der Waals surface area contributed by atoms with Crippen LogP contribution in [-0.2, 0) is 10.0 Å². The molecular formula is C13H15BrN2O3S. The van der Waals surface area contributed by atoms with Crippen LogP contribution in [0.5, 0.6) is 0 Å². The van der Waals surface area contributed by atoms with Crippen molar-refractivity contribution in [3.63, 3.8) is 0 Å². The van der Waals surface area contributed by atoms with E-state index >= 15 is 0 Å². The molecule has 0 aliphatic heterocycles. The molecule has 7 heteroatoms. The predicted octanol–water partition coefficient (Wildman–Crippen LogP) is 1.83. The molecule has 20 heavy (non-hydrogen) atoms. The van der Waals surface area contributed by atoms with E-state index in [1.54, 1.807) is 0 Å². The van der Waals surface area contributed by atoms with Crippen molar-refractivity contribution >= 4 is 31.9 Å². The summed E-state index contributed by atoms with van der Waals surface area (Å²) in [7, 11) is -3.66. The summed E-state index contributed by atoms with van der Waals surface area (Å²) in [6.07, 6.45) is 2.98. The molecule has 0 spiro atoms. The molecule has 0 heterocycles. The summed E-state index contributed by atoms with van der Waals surface area (Å²) >= 11 is 3.22. The molecular weight excluding hydrogens is 344 g/mol. The topological polar surface area (TPSA) is 75.3 Å². The molecule has 0 bridgehead atoms. The minimum atomic E-state index is -3.66. The fourth-order valence-electron chi connectivity index (χ4n) is 1.36. The summed E-state index contributed by atoms with van der Waals surface area (Å²) in [5.74, 6) is -0.377. The molecule has 0 unspecified atom stereocenters. The van der Waals surface area contributed by atoms with Gasteiger partial charge in [-0.25, -0.2) is 13.1 Å². The quantitative estimate of drug-likeness (QED) is 0.730. The summed E-state index contributed by atoms with van der Waals surface area (Å²) in [6, 6.07) is 4.25. The van der Waals surface area contributed by atoms with E-state index in [2.05, 4.69) is 39.1 Å². The third-order valence-corrected chi connectivity index (χ3v) is 4.43. The molecule has 0 aromatic heterocycles. The average molecular weight is 359 g/mol. The molecule has 5 nitrogen and oxygen atoms in total. The summed E-state index contributed by atoms with van der Waals surface area (Å²) in [5.41, 5.74) is 0.244. The molecule has 0 aliphatic rings. The molecule has 0 radical (unpaired) electrons. The summed E-state index contributed by atoms with van der Waals surface area (Å²) in [4.78, 5) is 11.9. The molecule has 1 amide bonds. The maximum absolute atomic E-state index is 12.0. The molecule has 1 aromatic carbocycles. The number of sulfonamides is 1. The van der Waals surface area contributed by atoms with Crippen LogP contribution in [0.2, 0.25) is 0 Å². The van der Waals surface area contributed by atoms with Gasteiger partial charge >= 0.3 is 0 Å². The third-order valence-electron chi connectivity index (χ3n) is 2.32. The Balaban J connectivity index is 3.11. The van der Waals surface area contributed by atoms with Gasteiger partial charge in [-0.3, -0.25) is 4.79 Å². The first-order chi connectivity index (χ1) is 9.42. The molecule has 0 saturated carbocycles. The highest BCUT2D eigenvalue weighted by atomic mass is 79.9. The van der Waals surface area contributed by atoms with Crippen LogP contribution in [0.4, 0.5) is 0 Å². The SMILES string of the molecule is C=CCNC(=O)c1cc(S(=O)(=O)NCC=C)ccc1Br. The van der Waals surface area contributed by atoms with Crippen LogP contribution >= 0.6 is 15.9 Å². The van der Waals surface area contributed by atoms with E-state index in [1.165, 1.54) is 30.4 Å². The van der Waals surface area contributed by atoms with E-state index in [-0.39, 0.29) is 22.9 Å². The summed E-state index contributed by atoms with van der Waals surface area (Å²) in [5, 5.41) is 2.59. The Morgan fingerprint density at radius 3 is 2.50 bits per heavy atom. The predicted molar refractivity (Wildman–Crippen MR) is 82.1 cm³/mol. The van der Waals surface area contributed by atoms with Crippen molar-refractivity contribution in [2.24, 2.45) is 0 Å². The molecule has 1 aromatic rings. The Bertz CT molecular complexity index is 627. The standard InChI is InChI=1S/C13H15BrN2O3S/c1-3-7-15-13(17)11-9-10(5-6-12(11)14)20(18,19)16-8-4-2/h3-6,9,16H,1-2,7-8H2,(H,15,17). The fraction of sp³-hybridized carbons (Fsp3) is 0.154. The lowest BCUT2D eigenvalue weighted by Gasteiger charge is -2.09. The van der Waals surface area contributed by atoms with Crippen molar-refractivity contribution in [2.45, 2.75) is 4.90 Å². The summed E-state index contributed by atoms with van der Waals surface area (Å²) < 4.78 is 26.8. The first kappa shape index (κ1) is 16.6. The zero-order valence-electron chi connectivity index (χ0n) is 10.7. The van der Waals surface area contributed by atoms with Crippen LogP contribution in [0.25, 0.3) is 0 Å². The maximum Gasteiger partial charge on any atom is 0.252 e. The lowest BCUT2D eigenvalue weighted by Crippen LogP contribution is -2.26. The van der Waals surface area contributed by atoms with Crippen molar-refractivity contribution in [3.8, 4) is 0 Å². The van der Waals surface area contributed by atoms with Gasteiger partial charge < -0.3 is 5.32 Å². The van der Waals surface area contributed by atoms with Gasteiger partial charge in [-0.05, 0) is 34.1 Å². The van der Waals surface area contributed by atoms with Gasteiger partial charge in [0, 0.05) is 17.6 Å².